The molecular formula is C11H11ClN2O2. The monoisotopic (exact) mass is 238 g/mol. The van der Waals surface area contributed by atoms with Gasteiger partial charge in [0, 0.05) is 5.69 Å². The number of hydrogen-bond acceptors (Lipinski definition) is 4. The maximum absolute atomic E-state index is 11.6. The first-order valence-electron chi connectivity index (χ1n) is 4.90. The first-order chi connectivity index (χ1) is 7.63. The molecule has 1 heterocycles. The Morgan fingerprint density at radius 2 is 2.31 bits per heavy atom. The summed E-state index contributed by atoms with van der Waals surface area (Å²) in [5.41, 5.74) is 0.908. The number of halogens is 1. The zero-order valence-corrected chi connectivity index (χ0v) is 9.84. The van der Waals surface area contributed by atoms with Gasteiger partial charge in [-0.25, -0.2) is 9.78 Å². The lowest BCUT2D eigenvalue weighted by Crippen LogP contribution is -2.09. The number of nitrogens with zero attached hydrogens (tertiary/aromatic N) is 2. The highest BCUT2D eigenvalue weighted by molar-refractivity contribution is 6.31. The zero-order valence-electron chi connectivity index (χ0n) is 9.08. The molecule has 4 nitrogen and oxygen atoms in total. The zero-order chi connectivity index (χ0) is 12.1. The molecule has 1 rings (SSSR count). The number of ether oxygens (including phenoxy) is 1. The van der Waals surface area contributed by atoms with Gasteiger partial charge in [0.15, 0.2) is 0 Å². The molecule has 0 aromatic carbocycles. The minimum atomic E-state index is -0.543. The van der Waals surface area contributed by atoms with Gasteiger partial charge in [-0.05, 0) is 19.4 Å². The minimum Gasteiger partial charge on any atom is -0.462 e. The van der Waals surface area contributed by atoms with E-state index in [1.54, 1.807) is 13.0 Å². The second-order valence-electron chi connectivity index (χ2n) is 3.01. The normalized spacial score (nSPS) is 9.62. The predicted octanol–water partition coefficient (Wildman–Crippen LogP) is 2.35. The molecule has 0 atom stereocenters. The van der Waals surface area contributed by atoms with Gasteiger partial charge < -0.3 is 4.74 Å². The highest BCUT2D eigenvalue weighted by atomic mass is 35.5. The molecule has 0 bridgehead atoms. The Morgan fingerprint density at radius 1 is 1.62 bits per heavy atom. The van der Waals surface area contributed by atoms with E-state index in [-0.39, 0.29) is 22.9 Å². The van der Waals surface area contributed by atoms with E-state index in [1.165, 1.54) is 0 Å². The first-order valence-corrected chi connectivity index (χ1v) is 5.28. The van der Waals surface area contributed by atoms with Crippen LogP contribution in [-0.4, -0.2) is 17.6 Å². The lowest BCUT2D eigenvalue weighted by Gasteiger charge is -2.06. The number of pyridine rings is 1. The molecule has 1 aromatic rings. The fourth-order valence-electron chi connectivity index (χ4n) is 1.22. The van der Waals surface area contributed by atoms with Crippen molar-refractivity contribution in [2.24, 2.45) is 0 Å². The summed E-state index contributed by atoms with van der Waals surface area (Å²) < 4.78 is 4.85. The summed E-state index contributed by atoms with van der Waals surface area (Å²) in [6, 6.07) is 3.40. The summed E-state index contributed by atoms with van der Waals surface area (Å²) in [4.78, 5) is 15.6. The molecule has 1 aromatic heterocycles. The second-order valence-corrected chi connectivity index (χ2v) is 3.37. The van der Waals surface area contributed by atoms with Gasteiger partial charge in [-0.1, -0.05) is 18.5 Å². The Balaban J connectivity index is 3.29. The topological polar surface area (TPSA) is 63.0 Å². The number of esters is 1. The van der Waals surface area contributed by atoms with Crippen LogP contribution in [0.25, 0.3) is 0 Å². The van der Waals surface area contributed by atoms with Gasteiger partial charge >= 0.3 is 5.97 Å². The number of nitriles is 1. The Hall–Kier alpha value is -1.60. The van der Waals surface area contributed by atoms with Gasteiger partial charge in [-0.3, -0.25) is 0 Å². The van der Waals surface area contributed by atoms with Gasteiger partial charge in [-0.15, -0.1) is 0 Å². The Labute approximate surface area is 98.8 Å². The van der Waals surface area contributed by atoms with E-state index in [4.69, 9.17) is 21.6 Å². The molecule has 0 spiro atoms. The summed E-state index contributed by atoms with van der Waals surface area (Å²) in [6.07, 6.45) is 0.637. The number of carbonyl (C=O) groups excluding carboxylic acids is 1. The molecular weight excluding hydrogens is 228 g/mol. The van der Waals surface area contributed by atoms with E-state index in [9.17, 15) is 4.79 Å². The summed E-state index contributed by atoms with van der Waals surface area (Å²) in [7, 11) is 0. The van der Waals surface area contributed by atoms with Crippen molar-refractivity contribution in [1.82, 2.24) is 4.98 Å². The van der Waals surface area contributed by atoms with Crippen LogP contribution in [0.1, 0.15) is 35.5 Å². The highest BCUT2D eigenvalue weighted by Gasteiger charge is 2.17. The van der Waals surface area contributed by atoms with Crippen molar-refractivity contribution >= 4 is 17.6 Å². The molecule has 0 radical (unpaired) electrons. The van der Waals surface area contributed by atoms with E-state index >= 15 is 0 Å². The fourth-order valence-corrected chi connectivity index (χ4v) is 1.47. The maximum Gasteiger partial charge on any atom is 0.339 e. The van der Waals surface area contributed by atoms with Crippen molar-refractivity contribution in [1.29, 1.82) is 5.26 Å². The van der Waals surface area contributed by atoms with Crippen LogP contribution in [0.3, 0.4) is 0 Å². The van der Waals surface area contributed by atoms with Crippen LogP contribution >= 0.6 is 11.6 Å². The van der Waals surface area contributed by atoms with Gasteiger partial charge in [-0.2, -0.15) is 5.26 Å². The molecule has 0 aliphatic rings. The molecule has 16 heavy (non-hydrogen) atoms. The number of carbonyl (C=O) groups is 1. The molecule has 0 aliphatic heterocycles. The molecule has 0 saturated carbocycles. The first kappa shape index (κ1) is 12.5. The fraction of sp³-hybridized carbons (Fsp3) is 0.364. The molecule has 84 valence electrons. The van der Waals surface area contributed by atoms with Crippen molar-refractivity contribution in [3.8, 4) is 6.07 Å². The Bertz CT molecular complexity index is 452. The summed E-state index contributed by atoms with van der Waals surface area (Å²) in [5.74, 6) is -0.543. The number of aromatic nitrogens is 1. The lowest BCUT2D eigenvalue weighted by molar-refractivity contribution is 0.0525. The van der Waals surface area contributed by atoms with Crippen LogP contribution < -0.4 is 0 Å². The number of hydrogen-bond donors (Lipinski definition) is 0. The molecule has 0 N–H and O–H groups in total. The van der Waals surface area contributed by atoms with Crippen molar-refractivity contribution < 1.29 is 9.53 Å². The van der Waals surface area contributed by atoms with Crippen molar-refractivity contribution in [3.63, 3.8) is 0 Å². The van der Waals surface area contributed by atoms with Gasteiger partial charge in [0.05, 0.1) is 12.2 Å². The molecule has 0 unspecified atom stereocenters. The van der Waals surface area contributed by atoms with Crippen molar-refractivity contribution in [3.05, 3.63) is 28.0 Å². The third kappa shape index (κ3) is 2.50. The molecule has 0 fully saturated rings. The van der Waals surface area contributed by atoms with Crippen LogP contribution in [0.4, 0.5) is 0 Å². The van der Waals surface area contributed by atoms with Crippen LogP contribution in [0.2, 0.25) is 5.15 Å². The average Bonchev–Trinajstić information content (AvgIpc) is 2.28. The van der Waals surface area contributed by atoms with Crippen molar-refractivity contribution in [2.45, 2.75) is 20.3 Å². The average molecular weight is 239 g/mol. The SMILES string of the molecule is CCOC(=O)c1cc(CC)nc(Cl)c1C#N. The molecule has 0 saturated heterocycles. The van der Waals surface area contributed by atoms with Crippen LogP contribution in [0, 0.1) is 11.3 Å². The van der Waals surface area contributed by atoms with Crippen molar-refractivity contribution in [2.75, 3.05) is 6.61 Å². The summed E-state index contributed by atoms with van der Waals surface area (Å²) in [5, 5.41) is 8.94. The van der Waals surface area contributed by atoms with E-state index < -0.39 is 5.97 Å². The smallest absolute Gasteiger partial charge is 0.339 e. The van der Waals surface area contributed by atoms with E-state index in [0.29, 0.717) is 12.1 Å². The molecule has 5 heteroatoms. The van der Waals surface area contributed by atoms with Gasteiger partial charge in [0.1, 0.15) is 16.8 Å². The van der Waals surface area contributed by atoms with E-state index in [1.807, 2.05) is 13.0 Å². The third-order valence-corrected chi connectivity index (χ3v) is 2.27. The largest absolute Gasteiger partial charge is 0.462 e. The summed E-state index contributed by atoms with van der Waals surface area (Å²) >= 11 is 5.82. The van der Waals surface area contributed by atoms with E-state index in [2.05, 4.69) is 4.98 Å². The number of rotatable bonds is 3. The van der Waals surface area contributed by atoms with E-state index in [0.717, 1.165) is 0 Å². The minimum absolute atomic E-state index is 0.0462. The molecule has 0 aliphatic carbocycles. The standard InChI is InChI=1S/C11H11ClN2O2/c1-3-7-5-8(11(15)16-4-2)9(6-13)10(12)14-7/h5H,3-4H2,1-2H3. The Morgan fingerprint density at radius 3 is 2.81 bits per heavy atom. The molecule has 0 amide bonds. The summed E-state index contributed by atoms with van der Waals surface area (Å²) in [6.45, 7) is 3.85. The third-order valence-electron chi connectivity index (χ3n) is 2.00. The second kappa shape index (κ2) is 5.47. The van der Waals surface area contributed by atoms with Crippen LogP contribution in [0.15, 0.2) is 6.07 Å². The predicted molar refractivity (Wildman–Crippen MR) is 59.3 cm³/mol. The number of aryl methyl sites for hydroxylation is 1. The van der Waals surface area contributed by atoms with Crippen LogP contribution in [-0.2, 0) is 11.2 Å². The Kier molecular flexibility index (Phi) is 4.27. The van der Waals surface area contributed by atoms with Crippen LogP contribution in [0.5, 0.6) is 0 Å². The quantitative estimate of drug-likeness (QED) is 0.599. The van der Waals surface area contributed by atoms with Gasteiger partial charge in [0.2, 0.25) is 0 Å². The lowest BCUT2D eigenvalue weighted by atomic mass is 10.1. The highest BCUT2D eigenvalue weighted by Crippen LogP contribution is 2.19. The van der Waals surface area contributed by atoms with Gasteiger partial charge in [0.25, 0.3) is 0 Å². The maximum atomic E-state index is 11.6.